The molecule has 3 aromatic carbocycles. The summed E-state index contributed by atoms with van der Waals surface area (Å²) in [6.07, 6.45) is 0. The number of hydrogen-bond acceptors (Lipinski definition) is 7. The number of methoxy groups -OCH3 is 4. The molecule has 1 amide bonds. The molecule has 1 N–H and O–H groups in total. The highest BCUT2D eigenvalue weighted by Gasteiger charge is 2.47. The van der Waals surface area contributed by atoms with Crippen LogP contribution in [0.2, 0.25) is 0 Å². The third kappa shape index (κ3) is 4.62. The molecule has 1 saturated heterocycles. The Bertz CT molecular complexity index is 1390. The number of aliphatic hydroxyl groups is 1. The third-order valence-electron chi connectivity index (χ3n) is 6.15. The number of benzene rings is 3. The van der Waals surface area contributed by atoms with Gasteiger partial charge in [0.05, 0.1) is 44.5 Å². The van der Waals surface area contributed by atoms with Crippen molar-refractivity contribution in [2.24, 2.45) is 0 Å². The molecule has 0 radical (unpaired) electrons. The molecule has 0 aliphatic carbocycles. The summed E-state index contributed by atoms with van der Waals surface area (Å²) in [7, 11) is 5.97. The molecule has 1 unspecified atom stereocenters. The summed E-state index contributed by atoms with van der Waals surface area (Å²) in [5.41, 5.74) is 2.17. The Hall–Kier alpha value is -3.98. The van der Waals surface area contributed by atoms with E-state index >= 15 is 0 Å². The fourth-order valence-corrected chi connectivity index (χ4v) is 4.96. The average molecular weight is 568 g/mol. The summed E-state index contributed by atoms with van der Waals surface area (Å²) in [6, 6.07) is 14.5. The quantitative estimate of drug-likeness (QED) is 0.231. The predicted octanol–water partition coefficient (Wildman–Crippen LogP) is 5.42. The molecule has 1 aliphatic rings. The summed E-state index contributed by atoms with van der Waals surface area (Å²) in [4.78, 5) is 28.3. The van der Waals surface area contributed by atoms with Crippen LogP contribution in [0.4, 0.5) is 5.69 Å². The molecule has 1 fully saturated rings. The molecule has 1 heterocycles. The van der Waals surface area contributed by atoms with Crippen molar-refractivity contribution in [3.8, 4) is 23.0 Å². The van der Waals surface area contributed by atoms with E-state index in [1.807, 2.05) is 13.0 Å². The fraction of sp³-hybridized carbons (Fsp3) is 0.214. The van der Waals surface area contributed by atoms with Gasteiger partial charge in [-0.15, -0.1) is 0 Å². The minimum atomic E-state index is -0.976. The molecule has 0 saturated carbocycles. The van der Waals surface area contributed by atoms with Gasteiger partial charge < -0.3 is 24.1 Å². The summed E-state index contributed by atoms with van der Waals surface area (Å²) >= 11 is 3.41. The summed E-state index contributed by atoms with van der Waals surface area (Å²) in [5.74, 6) is -0.296. The second kappa shape index (κ2) is 10.6. The Morgan fingerprint density at radius 3 is 2.05 bits per heavy atom. The maximum atomic E-state index is 13.5. The van der Waals surface area contributed by atoms with E-state index in [1.165, 1.54) is 33.3 Å². The van der Waals surface area contributed by atoms with Gasteiger partial charge in [0, 0.05) is 11.3 Å². The Labute approximate surface area is 223 Å². The van der Waals surface area contributed by atoms with E-state index in [4.69, 9.17) is 18.9 Å². The molecular weight excluding hydrogens is 542 g/mol. The van der Waals surface area contributed by atoms with Crippen molar-refractivity contribution in [2.75, 3.05) is 33.3 Å². The number of ketones is 1. The number of Topliss-reactive ketones (excluding diaryl/α,β-unsaturated/α-hetero) is 1. The Morgan fingerprint density at radius 2 is 1.51 bits per heavy atom. The number of amides is 1. The second-order valence-electron chi connectivity index (χ2n) is 8.32. The first-order chi connectivity index (χ1) is 17.7. The number of aryl methyl sites for hydroxylation is 1. The van der Waals surface area contributed by atoms with Gasteiger partial charge in [0.25, 0.3) is 11.7 Å². The number of aliphatic hydroxyl groups excluding tert-OH is 1. The Morgan fingerprint density at radius 1 is 0.865 bits per heavy atom. The Kier molecular flexibility index (Phi) is 7.45. The molecule has 192 valence electrons. The molecule has 8 nitrogen and oxygen atoms in total. The molecule has 0 aromatic heterocycles. The van der Waals surface area contributed by atoms with Crippen LogP contribution >= 0.6 is 15.9 Å². The lowest BCUT2D eigenvalue weighted by Gasteiger charge is -2.27. The molecule has 3 aromatic rings. The first-order valence-electron chi connectivity index (χ1n) is 11.3. The van der Waals surface area contributed by atoms with Crippen LogP contribution in [0.25, 0.3) is 5.76 Å². The number of anilines is 1. The van der Waals surface area contributed by atoms with Gasteiger partial charge in [-0.3, -0.25) is 14.5 Å². The van der Waals surface area contributed by atoms with Gasteiger partial charge in [-0.25, -0.2) is 0 Å². The molecular formula is C28H26BrNO7. The highest BCUT2D eigenvalue weighted by Crippen LogP contribution is 2.47. The van der Waals surface area contributed by atoms with Gasteiger partial charge in [0.2, 0.25) is 5.75 Å². The molecule has 1 aliphatic heterocycles. The number of carbonyl (C=O) groups excluding carboxylic acids is 2. The van der Waals surface area contributed by atoms with Gasteiger partial charge in [0.15, 0.2) is 11.5 Å². The lowest BCUT2D eigenvalue weighted by atomic mass is 9.94. The van der Waals surface area contributed by atoms with Crippen LogP contribution in [0, 0.1) is 6.92 Å². The van der Waals surface area contributed by atoms with Gasteiger partial charge >= 0.3 is 0 Å². The lowest BCUT2D eigenvalue weighted by Crippen LogP contribution is -2.29. The zero-order valence-electron chi connectivity index (χ0n) is 21.0. The first kappa shape index (κ1) is 26.1. The number of rotatable bonds is 7. The van der Waals surface area contributed by atoms with Gasteiger partial charge in [-0.05, 0) is 76.4 Å². The molecule has 0 bridgehead atoms. The van der Waals surface area contributed by atoms with E-state index in [0.29, 0.717) is 44.3 Å². The maximum Gasteiger partial charge on any atom is 0.300 e. The minimum absolute atomic E-state index is 0.0714. The fourth-order valence-electron chi connectivity index (χ4n) is 4.42. The van der Waals surface area contributed by atoms with E-state index in [9.17, 15) is 14.7 Å². The largest absolute Gasteiger partial charge is 0.507 e. The van der Waals surface area contributed by atoms with Crippen LogP contribution in [0.5, 0.6) is 23.0 Å². The normalized spacial score (nSPS) is 16.6. The van der Waals surface area contributed by atoms with Crippen molar-refractivity contribution < 1.29 is 33.6 Å². The van der Waals surface area contributed by atoms with Crippen molar-refractivity contribution in [1.82, 2.24) is 0 Å². The van der Waals surface area contributed by atoms with Gasteiger partial charge in [-0.1, -0.05) is 12.1 Å². The van der Waals surface area contributed by atoms with E-state index < -0.39 is 17.7 Å². The van der Waals surface area contributed by atoms with Crippen molar-refractivity contribution in [3.63, 3.8) is 0 Å². The summed E-state index contributed by atoms with van der Waals surface area (Å²) in [5, 5.41) is 11.4. The van der Waals surface area contributed by atoms with Crippen LogP contribution in [0.1, 0.15) is 22.7 Å². The number of halogens is 1. The SMILES string of the molecule is COc1ccc(/C(O)=C2\C(=O)C(=O)N(c3cccc(C)c3)C2c2cc(OC)c(OC)c(OC)c2)cc1Br. The lowest BCUT2D eigenvalue weighted by molar-refractivity contribution is -0.132. The molecule has 37 heavy (non-hydrogen) atoms. The van der Waals surface area contributed by atoms with Crippen molar-refractivity contribution >= 4 is 39.1 Å². The van der Waals surface area contributed by atoms with E-state index in [0.717, 1.165) is 5.56 Å². The van der Waals surface area contributed by atoms with Crippen LogP contribution in [-0.2, 0) is 9.59 Å². The number of ether oxygens (including phenoxy) is 4. The monoisotopic (exact) mass is 567 g/mol. The van der Waals surface area contributed by atoms with E-state index in [-0.39, 0.29) is 11.3 Å². The second-order valence-corrected chi connectivity index (χ2v) is 9.17. The van der Waals surface area contributed by atoms with Crippen molar-refractivity contribution in [1.29, 1.82) is 0 Å². The van der Waals surface area contributed by atoms with Crippen molar-refractivity contribution in [3.05, 3.63) is 81.3 Å². The topological polar surface area (TPSA) is 94.5 Å². The maximum absolute atomic E-state index is 13.5. The van der Waals surface area contributed by atoms with E-state index in [1.54, 1.807) is 48.5 Å². The number of hydrogen-bond donors (Lipinski definition) is 1. The smallest absolute Gasteiger partial charge is 0.300 e. The zero-order chi connectivity index (χ0) is 26.9. The average Bonchev–Trinajstić information content (AvgIpc) is 3.17. The van der Waals surface area contributed by atoms with Crippen LogP contribution in [0.3, 0.4) is 0 Å². The van der Waals surface area contributed by atoms with Crippen LogP contribution in [0.15, 0.2) is 64.6 Å². The molecule has 9 heteroatoms. The van der Waals surface area contributed by atoms with Gasteiger partial charge in [0.1, 0.15) is 11.5 Å². The number of nitrogens with zero attached hydrogens (tertiary/aromatic N) is 1. The van der Waals surface area contributed by atoms with Crippen LogP contribution in [-0.4, -0.2) is 45.2 Å². The summed E-state index contributed by atoms with van der Waals surface area (Å²) in [6.45, 7) is 1.89. The van der Waals surface area contributed by atoms with E-state index in [2.05, 4.69) is 15.9 Å². The molecule has 0 spiro atoms. The standard InChI is InChI=1S/C28H26BrNO7/c1-15-7-6-8-18(11-15)30-24(17-13-21(35-3)27(37-5)22(14-17)36-4)23(26(32)28(30)33)25(31)16-9-10-20(34-2)19(29)12-16/h6-14,24,31H,1-5H3/b25-23+. The molecule has 4 rings (SSSR count). The highest BCUT2D eigenvalue weighted by atomic mass is 79.9. The number of carbonyl (C=O) groups is 2. The third-order valence-corrected chi connectivity index (χ3v) is 6.77. The Balaban J connectivity index is 2.02. The van der Waals surface area contributed by atoms with Crippen molar-refractivity contribution in [2.45, 2.75) is 13.0 Å². The van der Waals surface area contributed by atoms with Gasteiger partial charge in [-0.2, -0.15) is 0 Å². The predicted molar refractivity (Wildman–Crippen MR) is 143 cm³/mol. The molecule has 1 atom stereocenters. The highest BCUT2D eigenvalue weighted by molar-refractivity contribution is 9.10. The minimum Gasteiger partial charge on any atom is -0.507 e. The summed E-state index contributed by atoms with van der Waals surface area (Å²) < 4.78 is 22.4. The first-order valence-corrected chi connectivity index (χ1v) is 12.1. The zero-order valence-corrected chi connectivity index (χ0v) is 22.6. The van der Waals surface area contributed by atoms with Crippen LogP contribution < -0.4 is 23.8 Å².